The van der Waals surface area contributed by atoms with E-state index in [-0.39, 0.29) is 18.4 Å². The molecule has 1 N–H and O–H groups in total. The van der Waals surface area contributed by atoms with Crippen LogP contribution >= 0.6 is 0 Å². The number of nitrogens with zero attached hydrogens (tertiary/aromatic N) is 2. The molecule has 2 amide bonds. The second kappa shape index (κ2) is 9.13. The van der Waals surface area contributed by atoms with Crippen LogP contribution in [0.25, 0.3) is 0 Å². The van der Waals surface area contributed by atoms with Crippen molar-refractivity contribution in [2.75, 3.05) is 20.3 Å². The number of ether oxygens (including phenoxy) is 1. The van der Waals surface area contributed by atoms with Gasteiger partial charge in [0.1, 0.15) is 5.82 Å². The number of amides is 2. The van der Waals surface area contributed by atoms with Gasteiger partial charge < -0.3 is 15.0 Å². The molecule has 134 valence electrons. The van der Waals surface area contributed by atoms with Crippen LogP contribution in [0.2, 0.25) is 0 Å². The Bertz CT molecular complexity index is 722. The van der Waals surface area contributed by atoms with Gasteiger partial charge in [-0.1, -0.05) is 18.2 Å². The number of hydrogen-bond acceptors (Lipinski definition) is 3. The summed E-state index contributed by atoms with van der Waals surface area (Å²) in [5.41, 5.74) is 3.44. The van der Waals surface area contributed by atoms with Crippen LogP contribution in [0, 0.1) is 19.7 Å². The van der Waals surface area contributed by atoms with E-state index in [2.05, 4.69) is 10.3 Å². The van der Waals surface area contributed by atoms with Crippen molar-refractivity contribution in [1.29, 1.82) is 0 Å². The van der Waals surface area contributed by atoms with Crippen LogP contribution in [0.15, 0.2) is 36.5 Å². The third-order valence-corrected chi connectivity index (χ3v) is 3.96. The summed E-state index contributed by atoms with van der Waals surface area (Å²) in [4.78, 5) is 18.3. The normalized spacial score (nSPS) is 10.6. The first-order valence-corrected chi connectivity index (χ1v) is 8.18. The minimum atomic E-state index is -0.323. The first-order valence-electron chi connectivity index (χ1n) is 8.18. The highest BCUT2D eigenvalue weighted by Gasteiger charge is 2.15. The number of pyridine rings is 1. The molecule has 0 saturated heterocycles. The molecular weight excluding hydrogens is 321 g/mol. The summed E-state index contributed by atoms with van der Waals surface area (Å²) in [5.74, 6) is -0.323. The third kappa shape index (κ3) is 5.53. The number of halogens is 1. The maximum Gasteiger partial charge on any atom is 0.318 e. The largest absolute Gasteiger partial charge is 0.383 e. The van der Waals surface area contributed by atoms with Crippen molar-refractivity contribution in [3.63, 3.8) is 0 Å². The van der Waals surface area contributed by atoms with Crippen LogP contribution in [0.4, 0.5) is 9.18 Å². The summed E-state index contributed by atoms with van der Waals surface area (Å²) >= 11 is 0. The van der Waals surface area contributed by atoms with Crippen LogP contribution in [0.3, 0.4) is 0 Å². The zero-order valence-electron chi connectivity index (χ0n) is 14.9. The van der Waals surface area contributed by atoms with E-state index in [0.717, 1.165) is 16.8 Å². The zero-order valence-corrected chi connectivity index (χ0v) is 14.9. The topological polar surface area (TPSA) is 54.5 Å². The van der Waals surface area contributed by atoms with E-state index in [1.165, 1.54) is 6.07 Å². The monoisotopic (exact) mass is 345 g/mol. The lowest BCUT2D eigenvalue weighted by Gasteiger charge is -2.23. The molecule has 2 aromatic rings. The van der Waals surface area contributed by atoms with E-state index in [1.807, 2.05) is 19.9 Å². The van der Waals surface area contributed by atoms with Crippen molar-refractivity contribution in [2.45, 2.75) is 26.9 Å². The second-order valence-corrected chi connectivity index (χ2v) is 5.92. The highest BCUT2D eigenvalue weighted by atomic mass is 19.1. The molecular formula is C19H24FN3O2. The van der Waals surface area contributed by atoms with Crippen LogP contribution < -0.4 is 5.32 Å². The highest BCUT2D eigenvalue weighted by molar-refractivity contribution is 5.74. The second-order valence-electron chi connectivity index (χ2n) is 5.92. The predicted octanol–water partition coefficient (Wildman–Crippen LogP) is 3.20. The molecule has 0 bridgehead atoms. The molecule has 0 radical (unpaired) electrons. The Hall–Kier alpha value is -2.47. The Kier molecular flexibility index (Phi) is 6.89. The molecule has 0 atom stereocenters. The van der Waals surface area contributed by atoms with Gasteiger partial charge in [-0.3, -0.25) is 4.98 Å². The number of carbonyl (C=O) groups is 1. The summed E-state index contributed by atoms with van der Waals surface area (Å²) in [6.07, 6.45) is 1.77. The molecule has 2 rings (SSSR count). The Morgan fingerprint density at radius 2 is 2.04 bits per heavy atom. The lowest BCUT2D eigenvalue weighted by molar-refractivity contribution is 0.145. The smallest absolute Gasteiger partial charge is 0.318 e. The maximum absolute atomic E-state index is 13.9. The van der Waals surface area contributed by atoms with Crippen molar-refractivity contribution in [3.8, 4) is 0 Å². The van der Waals surface area contributed by atoms with Crippen LogP contribution in [0.1, 0.15) is 22.4 Å². The fourth-order valence-corrected chi connectivity index (χ4v) is 2.48. The first kappa shape index (κ1) is 18.9. The van der Waals surface area contributed by atoms with Gasteiger partial charge in [0, 0.05) is 37.7 Å². The fourth-order valence-electron chi connectivity index (χ4n) is 2.48. The number of rotatable bonds is 7. The molecule has 0 fully saturated rings. The lowest BCUT2D eigenvalue weighted by atomic mass is 10.1. The molecule has 0 aliphatic carbocycles. The molecule has 1 aromatic heterocycles. The minimum absolute atomic E-state index is 0.187. The van der Waals surface area contributed by atoms with E-state index < -0.39 is 0 Å². The van der Waals surface area contributed by atoms with E-state index in [4.69, 9.17) is 4.74 Å². The molecule has 5 nitrogen and oxygen atoms in total. The number of methoxy groups -OCH3 is 1. The van der Waals surface area contributed by atoms with Gasteiger partial charge in [-0.25, -0.2) is 9.18 Å². The molecule has 6 heteroatoms. The van der Waals surface area contributed by atoms with Gasteiger partial charge in [0.2, 0.25) is 0 Å². The molecule has 1 heterocycles. The standard InChI is InChI=1S/C19H24FN3O2/c1-14-10-15(2)21-11-17(14)12-22-19(24)23(8-9-25-3)13-16-6-4-5-7-18(16)20/h4-7,10-11H,8-9,12-13H2,1-3H3,(H,22,24). The number of carbonyl (C=O) groups excluding carboxylic acids is 1. The van der Waals surface area contributed by atoms with Gasteiger partial charge in [0.25, 0.3) is 0 Å². The Morgan fingerprint density at radius 3 is 2.72 bits per heavy atom. The molecule has 0 aliphatic heterocycles. The Morgan fingerprint density at radius 1 is 1.28 bits per heavy atom. The van der Waals surface area contributed by atoms with Gasteiger partial charge in [-0.05, 0) is 37.1 Å². The summed E-state index contributed by atoms with van der Waals surface area (Å²) in [5, 5.41) is 2.88. The van der Waals surface area contributed by atoms with Crippen LogP contribution in [-0.4, -0.2) is 36.2 Å². The lowest BCUT2D eigenvalue weighted by Crippen LogP contribution is -2.41. The average Bonchev–Trinajstić information content (AvgIpc) is 2.59. The maximum atomic E-state index is 13.9. The fraction of sp³-hybridized carbons (Fsp3) is 0.368. The number of hydrogen-bond donors (Lipinski definition) is 1. The van der Waals surface area contributed by atoms with E-state index in [9.17, 15) is 9.18 Å². The van der Waals surface area contributed by atoms with E-state index >= 15 is 0 Å². The summed E-state index contributed by atoms with van der Waals surface area (Å²) < 4.78 is 18.9. The molecule has 0 saturated carbocycles. The van der Waals surface area contributed by atoms with Crippen molar-refractivity contribution >= 4 is 6.03 Å². The quantitative estimate of drug-likeness (QED) is 0.838. The van der Waals surface area contributed by atoms with Gasteiger partial charge in [-0.15, -0.1) is 0 Å². The van der Waals surface area contributed by atoms with Crippen molar-refractivity contribution < 1.29 is 13.9 Å². The van der Waals surface area contributed by atoms with Crippen molar-refractivity contribution in [1.82, 2.24) is 15.2 Å². The summed E-state index contributed by atoms with van der Waals surface area (Å²) in [6, 6.07) is 8.17. The third-order valence-electron chi connectivity index (χ3n) is 3.96. The van der Waals surface area contributed by atoms with Crippen molar-refractivity contribution in [2.24, 2.45) is 0 Å². The molecule has 0 spiro atoms. The average molecular weight is 345 g/mol. The van der Waals surface area contributed by atoms with Gasteiger partial charge in [0.05, 0.1) is 13.2 Å². The minimum Gasteiger partial charge on any atom is -0.383 e. The van der Waals surface area contributed by atoms with Gasteiger partial charge in [-0.2, -0.15) is 0 Å². The van der Waals surface area contributed by atoms with Gasteiger partial charge >= 0.3 is 6.03 Å². The summed E-state index contributed by atoms with van der Waals surface area (Å²) in [7, 11) is 1.57. The zero-order chi connectivity index (χ0) is 18.2. The number of aryl methyl sites for hydroxylation is 2. The molecule has 1 aromatic carbocycles. The number of nitrogens with one attached hydrogen (secondary N) is 1. The van der Waals surface area contributed by atoms with Crippen LogP contribution in [0.5, 0.6) is 0 Å². The van der Waals surface area contributed by atoms with E-state index in [0.29, 0.717) is 25.3 Å². The highest BCUT2D eigenvalue weighted by Crippen LogP contribution is 2.11. The Labute approximate surface area is 147 Å². The van der Waals surface area contributed by atoms with Crippen LogP contribution in [-0.2, 0) is 17.8 Å². The van der Waals surface area contributed by atoms with Crippen molar-refractivity contribution in [3.05, 3.63) is 64.7 Å². The Balaban J connectivity index is 2.03. The molecule has 0 unspecified atom stereocenters. The first-order chi connectivity index (χ1) is 12.0. The van der Waals surface area contributed by atoms with E-state index in [1.54, 1.807) is 36.4 Å². The summed E-state index contributed by atoms with van der Waals surface area (Å²) in [6.45, 7) is 5.23. The SMILES string of the molecule is COCCN(Cc1ccccc1F)C(=O)NCc1cnc(C)cc1C. The molecule has 25 heavy (non-hydrogen) atoms. The number of aromatic nitrogens is 1. The molecule has 0 aliphatic rings. The van der Waals surface area contributed by atoms with Gasteiger partial charge in [0.15, 0.2) is 0 Å². The number of benzene rings is 1. The number of urea groups is 1. The predicted molar refractivity (Wildman–Crippen MR) is 94.6 cm³/mol.